The Balaban J connectivity index is 0. The Morgan fingerprint density at radius 1 is 1.00 bits per heavy atom. The summed E-state index contributed by atoms with van der Waals surface area (Å²) in [6.07, 6.45) is 6.48. The third-order valence-electron chi connectivity index (χ3n) is 0.957. The maximum absolute atomic E-state index is 4.64. The van der Waals surface area contributed by atoms with Gasteiger partial charge in [-0.1, -0.05) is 39.5 Å². The Labute approximate surface area is 69.0 Å². The lowest BCUT2D eigenvalue weighted by atomic mass is 10.2. The second-order valence-electron chi connectivity index (χ2n) is 1.79. The maximum Gasteiger partial charge on any atom is 0.357 e. The molecule has 0 aromatic rings. The largest absolute Gasteiger partial charge is 0.357 e. The molecule has 0 fully saturated rings. The molecule has 0 atom stereocenters. The predicted octanol–water partition coefficient (Wildman–Crippen LogP) is 3.58. The molecule has 0 spiro atoms. The van der Waals surface area contributed by atoms with Gasteiger partial charge in [0, 0.05) is 0 Å². The van der Waals surface area contributed by atoms with Crippen LogP contribution in [0.15, 0.2) is 0 Å². The van der Waals surface area contributed by atoms with E-state index in [0.29, 0.717) is 0 Å². The first-order valence-electron chi connectivity index (χ1n) is 3.35. The van der Waals surface area contributed by atoms with Gasteiger partial charge >= 0.3 is 6.11 Å². The van der Waals surface area contributed by atoms with E-state index in [1.165, 1.54) is 25.7 Å². The van der Waals surface area contributed by atoms with E-state index < -0.39 is 0 Å². The first-order valence-corrected chi connectivity index (χ1v) is 4.22. The van der Waals surface area contributed by atoms with Crippen LogP contribution in [0.3, 0.4) is 0 Å². The summed E-state index contributed by atoms with van der Waals surface area (Å²) in [5.74, 6) is 0. The number of rotatable bonds is 3. The monoisotopic (exact) mass is 167 g/mol. The molecule has 1 radical (unpaired) electrons. The first-order chi connectivity index (χ1) is 4.33. The van der Waals surface area contributed by atoms with Gasteiger partial charge in [-0.2, -0.15) is 22.9 Å². The molecule has 55 valence electrons. The van der Waals surface area contributed by atoms with Crippen molar-refractivity contribution in [3.63, 3.8) is 0 Å². The highest BCUT2D eigenvalue weighted by atomic mass is 35.5. The molecule has 3 heteroatoms. The Kier molecular flexibility index (Phi) is 21.7. The highest BCUT2D eigenvalue weighted by Gasteiger charge is 1.75. The van der Waals surface area contributed by atoms with Crippen molar-refractivity contribution in [2.24, 2.45) is 0 Å². The van der Waals surface area contributed by atoms with E-state index >= 15 is 0 Å². The molecule has 0 rings (SSSR count). The smallest absolute Gasteiger partial charge is 0.178 e. The molecular weight excluding hydrogens is 154 g/mol. The van der Waals surface area contributed by atoms with Crippen molar-refractivity contribution in [3.8, 4) is 0 Å². The van der Waals surface area contributed by atoms with Crippen LogP contribution in [0.25, 0.3) is 0 Å². The van der Waals surface area contributed by atoms with E-state index in [9.17, 15) is 0 Å². The first kappa shape index (κ1) is 12.3. The van der Waals surface area contributed by atoms with Gasteiger partial charge in [0.25, 0.3) is 0 Å². The zero-order chi connectivity index (χ0) is 7.54. The van der Waals surface area contributed by atoms with Crippen LogP contribution in [0.4, 0.5) is 0 Å². The van der Waals surface area contributed by atoms with Crippen molar-refractivity contribution in [3.05, 3.63) is 0 Å². The third-order valence-corrected chi connectivity index (χ3v) is 0.957. The summed E-state index contributed by atoms with van der Waals surface area (Å²) in [6.45, 7) is 4.46. The van der Waals surface area contributed by atoms with Crippen LogP contribution in [0.5, 0.6) is 0 Å². The summed E-state index contributed by atoms with van der Waals surface area (Å²) < 4.78 is 0. The summed E-state index contributed by atoms with van der Waals surface area (Å²) in [7, 11) is 0. The van der Waals surface area contributed by atoms with Crippen molar-refractivity contribution in [2.75, 3.05) is 0 Å². The minimum absolute atomic E-state index is 0.944. The van der Waals surface area contributed by atoms with Crippen molar-refractivity contribution < 1.29 is 0 Å². The van der Waals surface area contributed by atoms with Crippen molar-refractivity contribution >= 4 is 29.0 Å². The van der Waals surface area contributed by atoms with E-state index in [0.717, 1.165) is 6.11 Å². The molecule has 0 heterocycles. The van der Waals surface area contributed by atoms with Crippen LogP contribution >= 0.6 is 22.9 Å². The van der Waals surface area contributed by atoms with Gasteiger partial charge in [0.2, 0.25) is 0 Å². The summed E-state index contributed by atoms with van der Waals surface area (Å²) in [5.41, 5.74) is 0. The van der Waals surface area contributed by atoms with Crippen molar-refractivity contribution in [1.29, 1.82) is 0 Å². The summed E-state index contributed by atoms with van der Waals surface area (Å²) in [6, 6.07) is 0. The molecule has 0 amide bonds. The van der Waals surface area contributed by atoms with Crippen LogP contribution in [0, 0.1) is 0 Å². The Morgan fingerprint density at radius 3 is 1.33 bits per heavy atom. The summed E-state index contributed by atoms with van der Waals surface area (Å²) >= 11 is 9.28. The Bertz CT molecular complexity index is 30.2. The van der Waals surface area contributed by atoms with Gasteiger partial charge in [-0.3, -0.25) is 0 Å². The van der Waals surface area contributed by atoms with Gasteiger partial charge < -0.3 is 0 Å². The van der Waals surface area contributed by atoms with Gasteiger partial charge in [-0.25, -0.2) is 0 Å². The number of hydrogen-bond acceptors (Lipinski definition) is 0. The van der Waals surface area contributed by atoms with E-state index in [1.54, 1.807) is 0 Å². The second kappa shape index (κ2) is 15.9. The fourth-order valence-electron chi connectivity index (χ4n) is 0.500. The minimum atomic E-state index is 0.944. The zero-order valence-electron chi connectivity index (χ0n) is 6.16. The molecule has 0 bridgehead atoms. The average Bonchev–Trinajstić information content (AvgIpc) is 1.86. The highest BCUT2D eigenvalue weighted by Crippen LogP contribution is 1.95. The normalized spacial score (nSPS) is 7.56. The predicted molar refractivity (Wildman–Crippen MR) is 47.3 cm³/mol. The second-order valence-corrected chi connectivity index (χ2v) is 2.45. The lowest BCUT2D eigenvalue weighted by Gasteiger charge is -1.86. The molecule has 0 saturated carbocycles. The fourth-order valence-corrected chi connectivity index (χ4v) is 0.500. The molecule has 0 aromatic carbocycles. The average molecular weight is 168 g/mol. The lowest BCUT2D eigenvalue weighted by molar-refractivity contribution is 0.702. The fraction of sp³-hybridized carbons (Fsp3) is 1.00. The van der Waals surface area contributed by atoms with Crippen LogP contribution in [-0.4, -0.2) is 6.11 Å². The topological polar surface area (TPSA) is 0 Å². The molecule has 0 aromatic heterocycles. The van der Waals surface area contributed by atoms with Gasteiger partial charge in [0.1, 0.15) is 0 Å². The van der Waals surface area contributed by atoms with Gasteiger partial charge in [-0.05, 0) is 0 Å². The number of unbranched alkanes of at least 4 members (excludes halogenated alkanes) is 3. The van der Waals surface area contributed by atoms with Crippen molar-refractivity contribution in [2.45, 2.75) is 39.5 Å². The third kappa shape index (κ3) is 28.7. The molecular formula is C6H14BCl2. The lowest BCUT2D eigenvalue weighted by Crippen LogP contribution is -1.66. The van der Waals surface area contributed by atoms with E-state index in [4.69, 9.17) is 0 Å². The maximum atomic E-state index is 4.64. The van der Waals surface area contributed by atoms with Gasteiger partial charge in [0.15, 0.2) is 0 Å². The van der Waals surface area contributed by atoms with Gasteiger partial charge in [0.05, 0.1) is 0 Å². The van der Waals surface area contributed by atoms with Crippen LogP contribution in [0.2, 0.25) is 0 Å². The van der Waals surface area contributed by atoms with Crippen LogP contribution < -0.4 is 0 Å². The number of hydrogen-bond donors (Lipinski definition) is 0. The Morgan fingerprint density at radius 2 is 1.22 bits per heavy atom. The Hall–Kier alpha value is 0.645. The summed E-state index contributed by atoms with van der Waals surface area (Å²) in [4.78, 5) is 0. The molecule has 0 nitrogen and oxygen atoms in total. The number of halogens is 2. The quantitative estimate of drug-likeness (QED) is 0.446. The van der Waals surface area contributed by atoms with E-state index in [2.05, 4.69) is 36.8 Å². The molecule has 0 saturated heterocycles. The van der Waals surface area contributed by atoms with Gasteiger partial charge in [-0.15, -0.1) is 0 Å². The minimum Gasteiger partial charge on any atom is -0.178 e. The molecule has 0 N–H and O–H groups in total. The zero-order valence-corrected chi connectivity index (χ0v) is 7.67. The molecule has 0 aliphatic heterocycles. The standard InChI is InChI=1S/C6H14.BCl2/c1-3-5-6-4-2;2-1-3/h3-6H2,1-2H3;. The molecule has 0 aliphatic carbocycles. The SMILES string of the molecule is CCCCCC.Cl[B]Cl. The van der Waals surface area contributed by atoms with E-state index in [1.807, 2.05) is 0 Å². The summed E-state index contributed by atoms with van der Waals surface area (Å²) in [5, 5.41) is 0. The van der Waals surface area contributed by atoms with E-state index in [-0.39, 0.29) is 0 Å². The van der Waals surface area contributed by atoms with Crippen LogP contribution in [0.1, 0.15) is 39.5 Å². The molecule has 0 unspecified atom stereocenters. The molecule has 9 heavy (non-hydrogen) atoms. The highest BCUT2D eigenvalue weighted by molar-refractivity contribution is 7.22. The van der Waals surface area contributed by atoms with Crippen molar-refractivity contribution in [1.82, 2.24) is 0 Å². The molecule has 0 aliphatic rings. The van der Waals surface area contributed by atoms with Crippen LogP contribution in [-0.2, 0) is 0 Å².